The first-order valence-corrected chi connectivity index (χ1v) is 17.2. The van der Waals surface area contributed by atoms with E-state index in [4.69, 9.17) is 4.74 Å². The molecule has 13 heteroatoms. The maximum atomic E-state index is 11.6. The Morgan fingerprint density at radius 3 is 2.58 bits per heavy atom. The highest BCUT2D eigenvalue weighted by Gasteiger charge is 2.30. The van der Waals surface area contributed by atoms with Crippen molar-refractivity contribution >= 4 is 76.1 Å². The lowest BCUT2D eigenvalue weighted by Gasteiger charge is -2.23. The number of fused-ring (bicyclic) bond motifs is 4. The molecule has 212 valence electrons. The summed E-state index contributed by atoms with van der Waals surface area (Å²) in [5, 5.41) is 2.69. The summed E-state index contributed by atoms with van der Waals surface area (Å²) >= 11 is 3.07. The third kappa shape index (κ3) is 6.14. The number of ether oxygens (including phenoxy) is 1. The second kappa shape index (κ2) is 11.3. The number of methoxy groups -OCH3 is 1. The van der Waals surface area contributed by atoms with Crippen molar-refractivity contribution in [2.24, 2.45) is 0 Å². The first-order valence-electron chi connectivity index (χ1n) is 12.5. The molecule has 0 amide bonds. The first kappa shape index (κ1) is 28.8. The quantitative estimate of drug-likeness (QED) is 0.186. The van der Waals surface area contributed by atoms with Gasteiger partial charge in [0, 0.05) is 34.9 Å². The standard InChI is InChI=1S/C27H28N2O7S4/c1-18(40(33,34)35)12-14-28-22-16-20(36-2)9-11-23(22)37-25(28)17-26-29(13-5-15-39(30,31)32)27-21-7-4-3-6-19(21)8-10-24(27)38-26/h3-4,6-11,16-18H,5,12-15H2,1-2H3,(H-,30,31,32,33,34,35)/p-1. The Morgan fingerprint density at radius 2 is 1.85 bits per heavy atom. The molecule has 0 fully saturated rings. The van der Waals surface area contributed by atoms with Crippen LogP contribution in [0.4, 0.5) is 5.69 Å². The van der Waals surface area contributed by atoms with E-state index in [9.17, 15) is 25.9 Å². The summed E-state index contributed by atoms with van der Waals surface area (Å²) in [7, 11) is -7.22. The molecule has 1 aliphatic rings. The van der Waals surface area contributed by atoms with Crippen molar-refractivity contribution in [1.29, 1.82) is 0 Å². The summed E-state index contributed by atoms with van der Waals surface area (Å²) in [5.41, 5.74) is 1.81. The number of nitrogens with zero attached hydrogens (tertiary/aromatic N) is 2. The highest BCUT2D eigenvalue weighted by Crippen LogP contribution is 2.48. The molecule has 0 spiro atoms. The lowest BCUT2D eigenvalue weighted by molar-refractivity contribution is -0.667. The van der Waals surface area contributed by atoms with Gasteiger partial charge >= 0.3 is 0 Å². The minimum Gasteiger partial charge on any atom is -0.748 e. The number of aromatic nitrogens is 1. The predicted molar refractivity (Wildman–Crippen MR) is 157 cm³/mol. The molecule has 0 radical (unpaired) electrons. The van der Waals surface area contributed by atoms with Crippen LogP contribution in [-0.2, 0) is 26.8 Å². The fourth-order valence-electron chi connectivity index (χ4n) is 4.71. The minimum absolute atomic E-state index is 0.138. The fraction of sp³-hybridized carbons (Fsp3) is 0.296. The van der Waals surface area contributed by atoms with E-state index in [1.807, 2.05) is 70.1 Å². The summed E-state index contributed by atoms with van der Waals surface area (Å²) in [6.45, 7) is 2.03. The molecular formula is C27H27N2O7S4-. The van der Waals surface area contributed by atoms with Crippen molar-refractivity contribution < 1.29 is 35.2 Å². The molecule has 1 aliphatic heterocycles. The normalized spacial score (nSPS) is 15.7. The van der Waals surface area contributed by atoms with Crippen LogP contribution in [0.15, 0.2) is 64.5 Å². The van der Waals surface area contributed by atoms with E-state index in [0.717, 1.165) is 41.6 Å². The Morgan fingerprint density at radius 1 is 1.07 bits per heavy atom. The third-order valence-corrected chi connectivity index (χ3v) is 11.0. The molecule has 0 saturated heterocycles. The smallest absolute Gasteiger partial charge is 0.265 e. The minimum atomic E-state index is -4.43. The lowest BCUT2D eigenvalue weighted by atomic mass is 10.1. The molecule has 2 heterocycles. The number of rotatable bonds is 10. The molecule has 4 aromatic rings. The van der Waals surface area contributed by atoms with Crippen molar-refractivity contribution in [2.45, 2.75) is 36.5 Å². The largest absolute Gasteiger partial charge is 0.748 e. The van der Waals surface area contributed by atoms with Crippen LogP contribution in [0.5, 0.6) is 5.75 Å². The Labute approximate surface area is 241 Å². The molecule has 1 unspecified atom stereocenters. The highest BCUT2D eigenvalue weighted by atomic mass is 32.2. The van der Waals surface area contributed by atoms with Crippen molar-refractivity contribution in [2.75, 3.05) is 24.3 Å². The molecule has 5 rings (SSSR count). The zero-order chi connectivity index (χ0) is 28.7. The van der Waals surface area contributed by atoms with Crippen LogP contribution >= 0.6 is 23.1 Å². The van der Waals surface area contributed by atoms with E-state index in [1.54, 1.807) is 18.4 Å². The Balaban J connectivity index is 1.61. The van der Waals surface area contributed by atoms with Gasteiger partial charge in [0.1, 0.15) is 10.4 Å². The van der Waals surface area contributed by atoms with Crippen LogP contribution in [-0.4, -0.2) is 50.6 Å². The number of thiazole rings is 1. The summed E-state index contributed by atoms with van der Waals surface area (Å²) in [6, 6.07) is 17.7. The Kier molecular flexibility index (Phi) is 8.15. The Hall–Kier alpha value is -2.68. The van der Waals surface area contributed by atoms with Crippen molar-refractivity contribution in [3.05, 3.63) is 64.6 Å². The van der Waals surface area contributed by atoms with Crippen LogP contribution in [0.1, 0.15) is 24.8 Å². The SMILES string of the molecule is COc1ccc2c(c1)N(CCC(C)S(=O)(=O)[O-])/C(=C/c1sc3ccc4ccccc4c3[n+]1CCCS(=O)(=O)[O-])S2. The van der Waals surface area contributed by atoms with Crippen LogP contribution in [0.3, 0.4) is 0 Å². The second-order valence-electron chi connectivity index (χ2n) is 9.50. The average Bonchev–Trinajstić information content (AvgIpc) is 3.42. The maximum Gasteiger partial charge on any atom is 0.265 e. The van der Waals surface area contributed by atoms with Gasteiger partial charge in [0.15, 0.2) is 6.54 Å². The average molecular weight is 620 g/mol. The van der Waals surface area contributed by atoms with Crippen LogP contribution in [0, 0.1) is 0 Å². The van der Waals surface area contributed by atoms with Crippen LogP contribution in [0.25, 0.3) is 27.1 Å². The third-order valence-electron chi connectivity index (χ3n) is 6.83. The summed E-state index contributed by atoms with van der Waals surface area (Å²) in [4.78, 5) is 2.94. The number of benzene rings is 3. The van der Waals surface area contributed by atoms with E-state index < -0.39 is 31.2 Å². The van der Waals surface area contributed by atoms with Gasteiger partial charge in [-0.05, 0) is 43.0 Å². The number of anilines is 1. The van der Waals surface area contributed by atoms with Crippen LogP contribution < -0.4 is 14.2 Å². The van der Waals surface area contributed by atoms with Gasteiger partial charge in [-0.1, -0.05) is 47.4 Å². The van der Waals surface area contributed by atoms with Crippen molar-refractivity contribution in [1.82, 2.24) is 0 Å². The maximum absolute atomic E-state index is 11.6. The van der Waals surface area contributed by atoms with Crippen LogP contribution in [0.2, 0.25) is 0 Å². The zero-order valence-corrected chi connectivity index (χ0v) is 25.0. The van der Waals surface area contributed by atoms with Gasteiger partial charge in [-0.2, -0.15) is 4.57 Å². The number of hydrogen-bond acceptors (Lipinski definition) is 10. The van der Waals surface area contributed by atoms with E-state index >= 15 is 0 Å². The molecule has 3 aromatic carbocycles. The van der Waals surface area contributed by atoms with E-state index in [0.29, 0.717) is 18.8 Å². The molecule has 0 aliphatic carbocycles. The first-order chi connectivity index (χ1) is 18.9. The molecule has 9 nitrogen and oxygen atoms in total. The number of aryl methyl sites for hydroxylation is 1. The Bertz CT molecular complexity index is 1830. The predicted octanol–water partition coefficient (Wildman–Crippen LogP) is 4.52. The summed E-state index contributed by atoms with van der Waals surface area (Å²) in [6.07, 6.45) is 2.30. The lowest BCUT2D eigenvalue weighted by Crippen LogP contribution is -2.36. The van der Waals surface area contributed by atoms with Crippen molar-refractivity contribution in [3.8, 4) is 5.75 Å². The zero-order valence-electron chi connectivity index (χ0n) is 21.8. The summed E-state index contributed by atoms with van der Waals surface area (Å²) in [5.74, 6) is 0.184. The van der Waals surface area contributed by atoms with E-state index in [1.165, 1.54) is 18.7 Å². The molecule has 1 atom stereocenters. The number of hydrogen-bond donors (Lipinski definition) is 0. The monoisotopic (exact) mass is 619 g/mol. The highest BCUT2D eigenvalue weighted by molar-refractivity contribution is 8.04. The molecule has 0 saturated carbocycles. The topological polar surface area (TPSA) is 131 Å². The van der Waals surface area contributed by atoms with Gasteiger partial charge in [-0.25, -0.2) is 16.8 Å². The number of thioether (sulfide) groups is 1. The van der Waals surface area contributed by atoms with Gasteiger partial charge in [0.2, 0.25) is 5.52 Å². The van der Waals surface area contributed by atoms with Gasteiger partial charge in [-0.15, -0.1) is 0 Å². The van der Waals surface area contributed by atoms with E-state index in [2.05, 4.69) is 0 Å². The molecule has 0 bridgehead atoms. The van der Waals surface area contributed by atoms with Gasteiger partial charge in [0.25, 0.3) is 5.01 Å². The molecular weight excluding hydrogens is 593 g/mol. The van der Waals surface area contributed by atoms with E-state index in [-0.39, 0.29) is 12.8 Å². The summed E-state index contributed by atoms with van der Waals surface area (Å²) < 4.78 is 77.3. The fourth-order valence-corrected chi connectivity index (χ4v) is 7.91. The van der Waals surface area contributed by atoms with Gasteiger partial charge in [0.05, 0.1) is 49.5 Å². The molecule has 1 aromatic heterocycles. The molecule has 40 heavy (non-hydrogen) atoms. The van der Waals surface area contributed by atoms with Crippen molar-refractivity contribution in [3.63, 3.8) is 0 Å². The molecule has 0 N–H and O–H groups in total. The second-order valence-corrected chi connectivity index (χ2v) is 14.9. The van der Waals surface area contributed by atoms with Gasteiger partial charge in [-0.3, -0.25) is 0 Å². The van der Waals surface area contributed by atoms with Gasteiger partial charge < -0.3 is 18.7 Å².